The summed E-state index contributed by atoms with van der Waals surface area (Å²) in [5, 5.41) is 15.9. The summed E-state index contributed by atoms with van der Waals surface area (Å²) in [7, 11) is -3.34. The van der Waals surface area contributed by atoms with E-state index in [2.05, 4.69) is 10.3 Å². The summed E-state index contributed by atoms with van der Waals surface area (Å²) in [5.74, 6) is -0.322. The fourth-order valence-electron chi connectivity index (χ4n) is 3.33. The van der Waals surface area contributed by atoms with Gasteiger partial charge in [0.15, 0.2) is 5.13 Å². The van der Waals surface area contributed by atoms with Crippen LogP contribution in [0.4, 0.5) is 16.5 Å². The Morgan fingerprint density at radius 2 is 2.06 bits per heavy atom. The Morgan fingerprint density at radius 1 is 1.26 bits per heavy atom. The normalized spacial score (nSPS) is 15.1. The lowest BCUT2D eigenvalue weighted by atomic mass is 10.1. The number of carbonyl (C=O) groups is 1. The fourth-order valence-corrected chi connectivity index (χ4v) is 5.60. The van der Waals surface area contributed by atoms with E-state index in [-0.39, 0.29) is 11.4 Å². The number of nitro groups is 1. The number of benzene rings is 2. The third-order valence-electron chi connectivity index (χ3n) is 4.92. The first-order valence-electron chi connectivity index (χ1n) is 9.37. The predicted octanol–water partition coefficient (Wildman–Crippen LogP) is 3.82. The van der Waals surface area contributed by atoms with Gasteiger partial charge in [-0.25, -0.2) is 13.4 Å². The first-order chi connectivity index (χ1) is 14.7. The standard InChI is InChI=1S/C20H18N4O5S2/c1-13-6-7-14(11-18(13)24(26)27)17-12-30-20(21-17)22-19(25)15-4-2-5-16(10-15)23-8-3-9-31(23,28)29/h2,4-7,10-12H,3,8-9H2,1H3,(H,21,22,25). The number of nitrogens with zero attached hydrogens (tertiary/aromatic N) is 3. The number of anilines is 2. The summed E-state index contributed by atoms with van der Waals surface area (Å²) in [5.41, 5.74) is 2.41. The molecule has 2 heterocycles. The zero-order valence-electron chi connectivity index (χ0n) is 16.4. The lowest BCUT2D eigenvalue weighted by molar-refractivity contribution is -0.385. The monoisotopic (exact) mass is 458 g/mol. The number of nitro benzene ring substituents is 1. The van der Waals surface area contributed by atoms with E-state index in [0.717, 1.165) is 0 Å². The number of hydrogen-bond acceptors (Lipinski definition) is 7. The molecular weight excluding hydrogens is 440 g/mol. The zero-order chi connectivity index (χ0) is 22.2. The van der Waals surface area contributed by atoms with Crippen molar-refractivity contribution in [2.75, 3.05) is 21.9 Å². The van der Waals surface area contributed by atoms with E-state index in [1.807, 2.05) is 0 Å². The van der Waals surface area contributed by atoms with Crippen molar-refractivity contribution in [1.29, 1.82) is 0 Å². The molecule has 0 radical (unpaired) electrons. The number of nitrogens with one attached hydrogen (secondary N) is 1. The number of rotatable bonds is 5. The summed E-state index contributed by atoms with van der Waals surface area (Å²) in [6.45, 7) is 2.06. The number of thiazole rings is 1. The molecule has 0 bridgehead atoms. The largest absolute Gasteiger partial charge is 0.298 e. The van der Waals surface area contributed by atoms with Crippen molar-refractivity contribution in [3.63, 3.8) is 0 Å². The third kappa shape index (κ3) is 4.28. The summed E-state index contributed by atoms with van der Waals surface area (Å²) in [6, 6.07) is 11.3. The maximum atomic E-state index is 12.7. The smallest absolute Gasteiger partial charge is 0.272 e. The Labute approximate surface area is 182 Å². The van der Waals surface area contributed by atoms with Crippen LogP contribution in [0.5, 0.6) is 0 Å². The second kappa shape index (κ2) is 8.08. The molecule has 2 aromatic carbocycles. The van der Waals surface area contributed by atoms with Gasteiger partial charge in [0.2, 0.25) is 10.0 Å². The number of aromatic nitrogens is 1. The van der Waals surface area contributed by atoms with Crippen LogP contribution in [0.1, 0.15) is 22.3 Å². The molecule has 0 spiro atoms. The Balaban J connectivity index is 1.53. The number of amides is 1. The molecule has 1 N–H and O–H groups in total. The molecule has 0 aliphatic carbocycles. The van der Waals surface area contributed by atoms with Gasteiger partial charge in [-0.15, -0.1) is 11.3 Å². The van der Waals surface area contributed by atoms with Crippen molar-refractivity contribution in [3.05, 3.63) is 69.1 Å². The Hall–Kier alpha value is -3.31. The van der Waals surface area contributed by atoms with Gasteiger partial charge in [-0.05, 0) is 31.5 Å². The van der Waals surface area contributed by atoms with Crippen LogP contribution in [0.25, 0.3) is 11.3 Å². The minimum absolute atomic E-state index is 0.00441. The third-order valence-corrected chi connectivity index (χ3v) is 7.55. The average Bonchev–Trinajstić information content (AvgIpc) is 3.34. The summed E-state index contributed by atoms with van der Waals surface area (Å²) in [6.07, 6.45) is 0.553. The van der Waals surface area contributed by atoms with Crippen LogP contribution < -0.4 is 9.62 Å². The van der Waals surface area contributed by atoms with E-state index < -0.39 is 20.9 Å². The Morgan fingerprint density at radius 3 is 2.77 bits per heavy atom. The highest BCUT2D eigenvalue weighted by Crippen LogP contribution is 2.30. The average molecular weight is 459 g/mol. The number of carbonyl (C=O) groups excluding carboxylic acids is 1. The van der Waals surface area contributed by atoms with Crippen molar-refractivity contribution in [3.8, 4) is 11.3 Å². The van der Waals surface area contributed by atoms with E-state index in [1.54, 1.807) is 42.6 Å². The first-order valence-corrected chi connectivity index (χ1v) is 11.9. The molecule has 160 valence electrons. The van der Waals surface area contributed by atoms with Gasteiger partial charge in [0.05, 0.1) is 22.1 Å². The summed E-state index contributed by atoms with van der Waals surface area (Å²) in [4.78, 5) is 27.8. The molecular formula is C20H18N4O5S2. The molecule has 11 heteroatoms. The highest BCUT2D eigenvalue weighted by atomic mass is 32.2. The molecule has 4 rings (SSSR count). The molecule has 0 unspecified atom stereocenters. The fraction of sp³-hybridized carbons (Fsp3) is 0.200. The van der Waals surface area contributed by atoms with Gasteiger partial charge in [0.1, 0.15) is 0 Å². The topological polar surface area (TPSA) is 123 Å². The maximum Gasteiger partial charge on any atom is 0.272 e. The van der Waals surface area contributed by atoms with Gasteiger partial charge in [-0.2, -0.15) is 0 Å². The zero-order valence-corrected chi connectivity index (χ0v) is 18.1. The van der Waals surface area contributed by atoms with Gasteiger partial charge < -0.3 is 0 Å². The molecule has 3 aromatic rings. The molecule has 1 aromatic heterocycles. The van der Waals surface area contributed by atoms with Crippen LogP contribution in [0.2, 0.25) is 0 Å². The van der Waals surface area contributed by atoms with Crippen LogP contribution >= 0.6 is 11.3 Å². The van der Waals surface area contributed by atoms with Crippen LogP contribution in [0, 0.1) is 17.0 Å². The number of sulfonamides is 1. The van der Waals surface area contributed by atoms with E-state index in [0.29, 0.717) is 46.2 Å². The van der Waals surface area contributed by atoms with Crippen LogP contribution in [0.3, 0.4) is 0 Å². The van der Waals surface area contributed by atoms with Gasteiger partial charge in [0.25, 0.3) is 11.6 Å². The first kappa shape index (κ1) is 20.9. The van der Waals surface area contributed by atoms with Gasteiger partial charge in [0, 0.05) is 34.7 Å². The van der Waals surface area contributed by atoms with Crippen molar-refractivity contribution < 1.29 is 18.1 Å². The highest BCUT2D eigenvalue weighted by Gasteiger charge is 2.28. The molecule has 1 aliphatic heterocycles. The van der Waals surface area contributed by atoms with Gasteiger partial charge in [-0.1, -0.05) is 18.2 Å². The van der Waals surface area contributed by atoms with Crippen molar-refractivity contribution in [2.24, 2.45) is 0 Å². The minimum Gasteiger partial charge on any atom is -0.298 e. The molecule has 1 saturated heterocycles. The second-order valence-electron chi connectivity index (χ2n) is 7.04. The minimum atomic E-state index is -3.34. The Bertz CT molecular complexity index is 1290. The van der Waals surface area contributed by atoms with Crippen LogP contribution in [-0.2, 0) is 10.0 Å². The molecule has 1 amide bonds. The highest BCUT2D eigenvalue weighted by molar-refractivity contribution is 7.93. The molecule has 9 nitrogen and oxygen atoms in total. The lowest BCUT2D eigenvalue weighted by Gasteiger charge is -2.17. The van der Waals surface area contributed by atoms with Crippen LogP contribution in [-0.4, -0.2) is 36.5 Å². The number of hydrogen-bond donors (Lipinski definition) is 1. The predicted molar refractivity (Wildman–Crippen MR) is 119 cm³/mol. The van der Waals surface area contributed by atoms with E-state index in [1.165, 1.54) is 27.8 Å². The quantitative estimate of drug-likeness (QED) is 0.458. The van der Waals surface area contributed by atoms with Gasteiger partial charge >= 0.3 is 0 Å². The molecule has 31 heavy (non-hydrogen) atoms. The summed E-state index contributed by atoms with van der Waals surface area (Å²) >= 11 is 1.20. The summed E-state index contributed by atoms with van der Waals surface area (Å²) < 4.78 is 25.6. The molecule has 1 fully saturated rings. The SMILES string of the molecule is Cc1ccc(-c2csc(NC(=O)c3cccc(N4CCCS4(=O)=O)c3)n2)cc1[N+](=O)[O-]. The van der Waals surface area contributed by atoms with Crippen molar-refractivity contribution in [2.45, 2.75) is 13.3 Å². The molecule has 1 aliphatic rings. The van der Waals surface area contributed by atoms with Crippen molar-refractivity contribution in [1.82, 2.24) is 4.98 Å². The van der Waals surface area contributed by atoms with Crippen LogP contribution in [0.15, 0.2) is 47.8 Å². The van der Waals surface area contributed by atoms with E-state index >= 15 is 0 Å². The maximum absolute atomic E-state index is 12.7. The lowest BCUT2D eigenvalue weighted by Crippen LogP contribution is -2.25. The van der Waals surface area contributed by atoms with E-state index in [4.69, 9.17) is 0 Å². The number of aryl methyl sites for hydroxylation is 1. The second-order valence-corrected chi connectivity index (χ2v) is 9.91. The van der Waals surface area contributed by atoms with Crippen molar-refractivity contribution >= 4 is 43.8 Å². The Kier molecular flexibility index (Phi) is 5.46. The molecule has 0 saturated carbocycles. The molecule has 0 atom stereocenters. The van der Waals surface area contributed by atoms with E-state index in [9.17, 15) is 23.3 Å². The van der Waals surface area contributed by atoms with Gasteiger partial charge in [-0.3, -0.25) is 24.5 Å².